The van der Waals surface area contributed by atoms with Gasteiger partial charge in [0, 0.05) is 29.7 Å². The van der Waals surface area contributed by atoms with Gasteiger partial charge in [-0.15, -0.1) is 0 Å². The summed E-state index contributed by atoms with van der Waals surface area (Å²) in [4.78, 5) is 27.5. The third-order valence-corrected chi connectivity index (χ3v) is 3.01. The van der Waals surface area contributed by atoms with Gasteiger partial charge in [0.1, 0.15) is 0 Å². The Kier molecular flexibility index (Phi) is 4.88. The minimum atomic E-state index is -0.240. The van der Waals surface area contributed by atoms with Gasteiger partial charge in [0.15, 0.2) is 5.78 Å². The zero-order valence-electron chi connectivity index (χ0n) is 12.9. The molecule has 5 heteroatoms. The second-order valence-corrected chi connectivity index (χ2v) is 5.35. The maximum atomic E-state index is 12.2. The molecule has 0 aliphatic rings. The van der Waals surface area contributed by atoms with Crippen LogP contribution in [-0.4, -0.2) is 22.7 Å². The molecule has 0 aliphatic carbocycles. The van der Waals surface area contributed by atoms with Crippen LogP contribution in [0.3, 0.4) is 0 Å². The van der Waals surface area contributed by atoms with Crippen molar-refractivity contribution in [3.8, 4) is 0 Å². The highest BCUT2D eigenvalue weighted by atomic mass is 16.1. The molecule has 2 rings (SSSR count). The number of nitrogens with one attached hydrogen (secondary N) is 2. The molecule has 2 aromatic rings. The molecular formula is C17H19N3O2. The molecule has 0 saturated carbocycles. The van der Waals surface area contributed by atoms with Gasteiger partial charge in [0.25, 0.3) is 5.91 Å². The average molecular weight is 297 g/mol. The number of amides is 1. The Labute approximate surface area is 129 Å². The van der Waals surface area contributed by atoms with E-state index in [1.165, 1.54) is 13.1 Å². The molecule has 1 heterocycles. The first-order chi connectivity index (χ1) is 10.5. The maximum absolute atomic E-state index is 12.2. The topological polar surface area (TPSA) is 71.1 Å². The van der Waals surface area contributed by atoms with Crippen molar-refractivity contribution in [1.82, 2.24) is 4.98 Å². The van der Waals surface area contributed by atoms with E-state index < -0.39 is 0 Å². The lowest BCUT2D eigenvalue weighted by Crippen LogP contribution is -2.14. The molecule has 5 nitrogen and oxygen atoms in total. The van der Waals surface area contributed by atoms with Crippen molar-refractivity contribution in [3.63, 3.8) is 0 Å². The van der Waals surface area contributed by atoms with Crippen molar-refractivity contribution in [2.45, 2.75) is 26.8 Å². The number of pyridine rings is 1. The lowest BCUT2D eigenvalue weighted by Gasteiger charge is -2.11. The summed E-state index contributed by atoms with van der Waals surface area (Å²) in [7, 11) is 0. The van der Waals surface area contributed by atoms with Crippen LogP contribution in [0.15, 0.2) is 42.7 Å². The molecule has 2 N–H and O–H groups in total. The van der Waals surface area contributed by atoms with Gasteiger partial charge in [0.2, 0.25) is 0 Å². The predicted octanol–water partition coefficient (Wildman–Crippen LogP) is 3.36. The molecule has 0 unspecified atom stereocenters. The monoisotopic (exact) mass is 297 g/mol. The molecule has 0 aliphatic heterocycles. The lowest BCUT2D eigenvalue weighted by atomic mass is 10.1. The number of hydrogen-bond acceptors (Lipinski definition) is 4. The quantitative estimate of drug-likeness (QED) is 0.830. The predicted molar refractivity (Wildman–Crippen MR) is 87.4 cm³/mol. The van der Waals surface area contributed by atoms with E-state index in [0.717, 1.165) is 5.69 Å². The van der Waals surface area contributed by atoms with Gasteiger partial charge in [-0.2, -0.15) is 0 Å². The third kappa shape index (κ3) is 4.15. The van der Waals surface area contributed by atoms with Crippen molar-refractivity contribution < 1.29 is 9.59 Å². The first kappa shape index (κ1) is 15.7. The normalized spacial score (nSPS) is 10.4. The molecular weight excluding hydrogens is 278 g/mol. The van der Waals surface area contributed by atoms with E-state index in [2.05, 4.69) is 15.6 Å². The van der Waals surface area contributed by atoms with E-state index in [4.69, 9.17) is 0 Å². The van der Waals surface area contributed by atoms with Gasteiger partial charge in [0.05, 0.1) is 11.3 Å². The number of Topliss-reactive ketones (excluding diaryl/α,β-unsaturated/α-hetero) is 1. The van der Waals surface area contributed by atoms with E-state index in [0.29, 0.717) is 16.8 Å². The van der Waals surface area contributed by atoms with E-state index >= 15 is 0 Å². The van der Waals surface area contributed by atoms with E-state index in [1.54, 1.807) is 36.5 Å². The molecule has 1 aromatic carbocycles. The Balaban J connectivity index is 2.10. The number of nitrogens with zero attached hydrogens (tertiary/aromatic N) is 1. The van der Waals surface area contributed by atoms with Gasteiger partial charge in [-0.05, 0) is 51.1 Å². The molecule has 0 radical (unpaired) electrons. The first-order valence-corrected chi connectivity index (χ1v) is 7.09. The van der Waals surface area contributed by atoms with Gasteiger partial charge < -0.3 is 10.6 Å². The Hall–Kier alpha value is -2.69. The highest BCUT2D eigenvalue weighted by Gasteiger charge is 2.08. The van der Waals surface area contributed by atoms with Crippen molar-refractivity contribution in [2.75, 3.05) is 10.6 Å². The Bertz CT molecular complexity index is 679. The Morgan fingerprint density at radius 1 is 1.00 bits per heavy atom. The van der Waals surface area contributed by atoms with Crippen LogP contribution in [0, 0.1) is 0 Å². The zero-order chi connectivity index (χ0) is 16.1. The molecule has 0 saturated heterocycles. The SMILES string of the molecule is CC(=O)c1ccc(NC(=O)c2cncc(NC(C)C)c2)cc1. The number of carbonyl (C=O) groups excluding carboxylic acids is 2. The number of anilines is 2. The molecule has 1 amide bonds. The third-order valence-electron chi connectivity index (χ3n) is 3.01. The highest BCUT2D eigenvalue weighted by molar-refractivity contribution is 6.04. The molecule has 0 fully saturated rings. The summed E-state index contributed by atoms with van der Waals surface area (Å²) >= 11 is 0. The molecule has 22 heavy (non-hydrogen) atoms. The minimum absolute atomic E-state index is 0.00506. The standard InChI is InChI=1S/C17H19N3O2/c1-11(2)19-16-8-14(9-18-10-16)17(22)20-15-6-4-13(5-7-15)12(3)21/h4-11,19H,1-3H3,(H,20,22). The Morgan fingerprint density at radius 3 is 2.27 bits per heavy atom. The van der Waals surface area contributed by atoms with Crippen LogP contribution in [0.1, 0.15) is 41.5 Å². The van der Waals surface area contributed by atoms with E-state index in [9.17, 15) is 9.59 Å². The highest BCUT2D eigenvalue weighted by Crippen LogP contribution is 2.14. The number of benzene rings is 1. The van der Waals surface area contributed by atoms with Crippen LogP contribution in [0.4, 0.5) is 11.4 Å². The summed E-state index contributed by atoms with van der Waals surface area (Å²) in [5.41, 5.74) is 2.52. The fraction of sp³-hybridized carbons (Fsp3) is 0.235. The number of hydrogen-bond donors (Lipinski definition) is 2. The average Bonchev–Trinajstić information content (AvgIpc) is 2.47. The van der Waals surface area contributed by atoms with Crippen LogP contribution >= 0.6 is 0 Å². The molecule has 1 aromatic heterocycles. The van der Waals surface area contributed by atoms with Crippen LogP contribution in [0.5, 0.6) is 0 Å². The lowest BCUT2D eigenvalue weighted by molar-refractivity contribution is 0.101. The Morgan fingerprint density at radius 2 is 1.68 bits per heavy atom. The maximum Gasteiger partial charge on any atom is 0.257 e. The smallest absolute Gasteiger partial charge is 0.257 e. The van der Waals surface area contributed by atoms with E-state index in [-0.39, 0.29) is 17.7 Å². The van der Waals surface area contributed by atoms with Crippen LogP contribution in [0.2, 0.25) is 0 Å². The van der Waals surface area contributed by atoms with Crippen molar-refractivity contribution in [3.05, 3.63) is 53.9 Å². The zero-order valence-corrected chi connectivity index (χ0v) is 12.9. The van der Waals surface area contributed by atoms with Crippen LogP contribution in [-0.2, 0) is 0 Å². The molecule has 0 atom stereocenters. The van der Waals surface area contributed by atoms with Crippen molar-refractivity contribution >= 4 is 23.1 Å². The molecule has 0 bridgehead atoms. The number of carbonyl (C=O) groups is 2. The van der Waals surface area contributed by atoms with E-state index in [1.807, 2.05) is 13.8 Å². The fourth-order valence-corrected chi connectivity index (χ4v) is 1.97. The summed E-state index contributed by atoms with van der Waals surface area (Å²) < 4.78 is 0. The number of rotatable bonds is 5. The second kappa shape index (κ2) is 6.85. The molecule has 0 spiro atoms. The molecule has 114 valence electrons. The minimum Gasteiger partial charge on any atom is -0.382 e. The summed E-state index contributed by atoms with van der Waals surface area (Å²) in [6.07, 6.45) is 3.20. The summed E-state index contributed by atoms with van der Waals surface area (Å²) in [6, 6.07) is 8.81. The van der Waals surface area contributed by atoms with Crippen molar-refractivity contribution in [2.24, 2.45) is 0 Å². The number of ketones is 1. The first-order valence-electron chi connectivity index (χ1n) is 7.09. The van der Waals surface area contributed by atoms with Crippen LogP contribution < -0.4 is 10.6 Å². The van der Waals surface area contributed by atoms with Gasteiger partial charge in [-0.25, -0.2) is 0 Å². The summed E-state index contributed by atoms with van der Waals surface area (Å²) in [6.45, 7) is 5.54. The van der Waals surface area contributed by atoms with Crippen LogP contribution in [0.25, 0.3) is 0 Å². The van der Waals surface area contributed by atoms with Gasteiger partial charge in [-0.3, -0.25) is 14.6 Å². The summed E-state index contributed by atoms with van der Waals surface area (Å²) in [5, 5.41) is 5.99. The van der Waals surface area contributed by atoms with Gasteiger partial charge >= 0.3 is 0 Å². The van der Waals surface area contributed by atoms with Gasteiger partial charge in [-0.1, -0.05) is 0 Å². The number of aromatic nitrogens is 1. The summed E-state index contributed by atoms with van der Waals surface area (Å²) in [5.74, 6) is -0.245. The van der Waals surface area contributed by atoms with Crippen molar-refractivity contribution in [1.29, 1.82) is 0 Å². The fourth-order valence-electron chi connectivity index (χ4n) is 1.97. The second-order valence-electron chi connectivity index (χ2n) is 5.35. The largest absolute Gasteiger partial charge is 0.382 e.